The highest BCUT2D eigenvalue weighted by Crippen LogP contribution is 2.47. The molecule has 0 radical (unpaired) electrons. The molecule has 20 heavy (non-hydrogen) atoms. The Labute approximate surface area is 125 Å². The Morgan fingerprint density at radius 3 is 2.70 bits per heavy atom. The number of carbonyl (C=O) groups is 2. The topological polar surface area (TPSA) is 112 Å². The van der Waals surface area contributed by atoms with Gasteiger partial charge in [-0.2, -0.15) is 8.73 Å². The fraction of sp³-hybridized carbons (Fsp3) is 0.111. The van der Waals surface area contributed by atoms with Gasteiger partial charge in [0.15, 0.2) is 6.61 Å². The standard InChI is InChI=1S/C9H6Cl2N4O4S/c10-3-1-4(11)7-8(15-20-14-7)6(3)12-9(18)13-19-2-5(16)17/h1H,2H2,(H,16,17)(H2,12,13,18). The van der Waals surface area contributed by atoms with Crippen LogP contribution in [0, 0.1) is 0 Å². The number of hydrogen-bond donors (Lipinski definition) is 3. The predicted molar refractivity (Wildman–Crippen MR) is 73.7 cm³/mol. The summed E-state index contributed by atoms with van der Waals surface area (Å²) >= 11 is 12.8. The maximum atomic E-state index is 11.5. The van der Waals surface area contributed by atoms with Crippen LogP contribution in [0.1, 0.15) is 0 Å². The molecule has 1 heterocycles. The van der Waals surface area contributed by atoms with Crippen molar-refractivity contribution in [3.63, 3.8) is 0 Å². The molecule has 0 bridgehead atoms. The minimum atomic E-state index is -1.22. The number of urea groups is 1. The van der Waals surface area contributed by atoms with Crippen molar-refractivity contribution in [2.24, 2.45) is 8.73 Å². The molecule has 106 valence electrons. The number of halogens is 2. The smallest absolute Gasteiger partial charge is 0.343 e. The van der Waals surface area contributed by atoms with Gasteiger partial charge in [0.2, 0.25) is 0 Å². The second kappa shape index (κ2) is 6.18. The lowest BCUT2D eigenvalue weighted by molar-refractivity contribution is -0.143. The third kappa shape index (κ3) is 3.25. The summed E-state index contributed by atoms with van der Waals surface area (Å²) in [7, 11) is 0. The van der Waals surface area contributed by atoms with Crippen molar-refractivity contribution in [2.75, 3.05) is 11.9 Å². The quantitative estimate of drug-likeness (QED) is 0.745. The van der Waals surface area contributed by atoms with E-state index in [9.17, 15) is 9.59 Å². The molecule has 2 rings (SSSR count). The van der Waals surface area contributed by atoms with Gasteiger partial charge >= 0.3 is 12.0 Å². The predicted octanol–water partition coefficient (Wildman–Crippen LogP) is 2.86. The zero-order valence-corrected chi connectivity index (χ0v) is 11.8. The van der Waals surface area contributed by atoms with Gasteiger partial charge in [-0.25, -0.2) is 15.1 Å². The monoisotopic (exact) mass is 336 g/mol. The van der Waals surface area contributed by atoms with E-state index in [0.717, 1.165) is 11.4 Å². The Morgan fingerprint density at radius 2 is 2.00 bits per heavy atom. The second-order valence-electron chi connectivity index (χ2n) is 3.42. The lowest BCUT2D eigenvalue weighted by Gasteiger charge is -2.11. The van der Waals surface area contributed by atoms with Crippen LogP contribution < -0.4 is 10.8 Å². The van der Waals surface area contributed by atoms with Crippen molar-refractivity contribution in [3.8, 4) is 0 Å². The van der Waals surface area contributed by atoms with Crippen LogP contribution in [0.5, 0.6) is 0 Å². The van der Waals surface area contributed by atoms with Crippen LogP contribution in [0.4, 0.5) is 21.9 Å². The van der Waals surface area contributed by atoms with Gasteiger partial charge < -0.3 is 10.4 Å². The molecule has 2 amide bonds. The summed E-state index contributed by atoms with van der Waals surface area (Å²) in [6, 6.07) is 0.616. The molecule has 0 aromatic heterocycles. The molecule has 1 aliphatic heterocycles. The van der Waals surface area contributed by atoms with E-state index >= 15 is 0 Å². The van der Waals surface area contributed by atoms with Gasteiger partial charge in [-0.15, -0.1) is 0 Å². The number of carbonyl (C=O) groups excluding carboxylic acids is 1. The van der Waals surface area contributed by atoms with Crippen LogP contribution in [-0.2, 0) is 21.0 Å². The fourth-order valence-electron chi connectivity index (χ4n) is 1.30. The summed E-state index contributed by atoms with van der Waals surface area (Å²) in [5.74, 6) is -1.22. The van der Waals surface area contributed by atoms with Gasteiger partial charge in [-0.05, 0) is 6.07 Å². The van der Waals surface area contributed by atoms with Crippen molar-refractivity contribution in [1.82, 2.24) is 5.48 Å². The number of rotatable bonds is 4. The highest BCUT2D eigenvalue weighted by atomic mass is 35.5. The van der Waals surface area contributed by atoms with Gasteiger partial charge in [0, 0.05) is 0 Å². The first kappa shape index (κ1) is 14.7. The van der Waals surface area contributed by atoms with Crippen LogP contribution in [0.3, 0.4) is 0 Å². The van der Waals surface area contributed by atoms with E-state index in [4.69, 9.17) is 28.3 Å². The highest BCUT2D eigenvalue weighted by Gasteiger charge is 2.20. The fourth-order valence-corrected chi connectivity index (χ4v) is 2.45. The van der Waals surface area contributed by atoms with E-state index < -0.39 is 18.6 Å². The van der Waals surface area contributed by atoms with E-state index in [1.165, 1.54) is 6.07 Å². The van der Waals surface area contributed by atoms with Crippen molar-refractivity contribution < 1.29 is 19.5 Å². The molecule has 1 aromatic carbocycles. The average molecular weight is 337 g/mol. The summed E-state index contributed by atoms with van der Waals surface area (Å²) in [6.07, 6.45) is 0. The second-order valence-corrected chi connectivity index (χ2v) is 4.76. The summed E-state index contributed by atoms with van der Waals surface area (Å²) in [5.41, 5.74) is 2.84. The normalized spacial score (nSPS) is 11.7. The first-order valence-corrected chi connectivity index (χ1v) is 6.48. The Balaban J connectivity index is 2.11. The number of fused-ring (bicyclic) bond motifs is 1. The van der Waals surface area contributed by atoms with Gasteiger partial charge in [0.05, 0.1) is 27.1 Å². The number of nitrogens with zero attached hydrogens (tertiary/aromatic N) is 2. The van der Waals surface area contributed by atoms with E-state index in [0.29, 0.717) is 16.4 Å². The molecule has 0 saturated heterocycles. The first-order chi connectivity index (χ1) is 9.49. The Kier molecular flexibility index (Phi) is 4.55. The molecule has 0 atom stereocenters. The van der Waals surface area contributed by atoms with Crippen molar-refractivity contribution >= 4 is 63.6 Å². The van der Waals surface area contributed by atoms with Gasteiger partial charge in [-0.3, -0.25) is 4.84 Å². The lowest BCUT2D eigenvalue weighted by Crippen LogP contribution is -2.30. The Hall–Kier alpha value is -1.68. The van der Waals surface area contributed by atoms with Gasteiger partial charge in [-0.1, -0.05) is 23.2 Å². The summed E-state index contributed by atoms with van der Waals surface area (Å²) in [4.78, 5) is 26.2. The Bertz CT molecular complexity index is 660. The molecule has 11 heteroatoms. The van der Waals surface area contributed by atoms with Crippen LogP contribution in [0.15, 0.2) is 14.8 Å². The average Bonchev–Trinajstić information content (AvgIpc) is 2.83. The molecule has 0 spiro atoms. The highest BCUT2D eigenvalue weighted by molar-refractivity contribution is 7.58. The third-order valence-electron chi connectivity index (χ3n) is 2.04. The summed E-state index contributed by atoms with van der Waals surface area (Å²) in [6.45, 7) is -0.671. The minimum Gasteiger partial charge on any atom is -0.479 e. The number of aliphatic carboxylic acids is 1. The molecule has 1 aromatic rings. The van der Waals surface area contributed by atoms with E-state index in [1.54, 1.807) is 0 Å². The first-order valence-electron chi connectivity index (χ1n) is 5.00. The Morgan fingerprint density at radius 1 is 1.30 bits per heavy atom. The number of carboxylic acids is 1. The number of anilines is 1. The van der Waals surface area contributed by atoms with Crippen molar-refractivity contribution in [3.05, 3.63) is 16.1 Å². The van der Waals surface area contributed by atoms with Crippen LogP contribution in [0.25, 0.3) is 0 Å². The molecular formula is C9H6Cl2N4O4S. The number of nitrogens with one attached hydrogen (secondary N) is 2. The maximum absolute atomic E-state index is 11.5. The van der Waals surface area contributed by atoms with Crippen LogP contribution in [0.2, 0.25) is 10.0 Å². The zero-order chi connectivity index (χ0) is 14.7. The molecule has 3 N–H and O–H groups in total. The molecule has 0 unspecified atom stereocenters. The number of hydrogen-bond acceptors (Lipinski definition) is 5. The van der Waals surface area contributed by atoms with E-state index in [1.807, 2.05) is 5.48 Å². The largest absolute Gasteiger partial charge is 0.479 e. The zero-order valence-electron chi connectivity index (χ0n) is 9.52. The number of amides is 2. The molecule has 0 aliphatic carbocycles. The van der Waals surface area contributed by atoms with Crippen molar-refractivity contribution in [2.45, 2.75) is 0 Å². The van der Waals surface area contributed by atoms with E-state index in [-0.39, 0.29) is 10.7 Å². The SMILES string of the molecule is O=C(O)CONC(=O)Nc1c(Cl)cc(Cl)c2c1N=S=N2. The summed E-state index contributed by atoms with van der Waals surface area (Å²) < 4.78 is 7.96. The molecule has 0 fully saturated rings. The third-order valence-corrected chi connectivity index (χ3v) is 3.16. The molecule has 1 aliphatic rings. The van der Waals surface area contributed by atoms with E-state index in [2.05, 4.69) is 18.9 Å². The molecule has 0 saturated carbocycles. The van der Waals surface area contributed by atoms with Gasteiger partial charge in [0.1, 0.15) is 11.4 Å². The number of benzene rings is 1. The lowest BCUT2D eigenvalue weighted by atomic mass is 10.2. The maximum Gasteiger partial charge on any atom is 0.343 e. The molecular weight excluding hydrogens is 331 g/mol. The summed E-state index contributed by atoms with van der Waals surface area (Å²) in [5, 5.41) is 11.2. The van der Waals surface area contributed by atoms with Gasteiger partial charge in [0.25, 0.3) is 0 Å². The minimum absolute atomic E-state index is 0.170. The number of hydroxylamine groups is 1. The van der Waals surface area contributed by atoms with Crippen LogP contribution in [-0.4, -0.2) is 23.7 Å². The van der Waals surface area contributed by atoms with Crippen LogP contribution >= 0.6 is 23.2 Å². The van der Waals surface area contributed by atoms with Crippen molar-refractivity contribution in [1.29, 1.82) is 0 Å². The number of carboxylic acid groups (broad SMARTS) is 1. The molecule has 8 nitrogen and oxygen atoms in total.